The summed E-state index contributed by atoms with van der Waals surface area (Å²) in [6.07, 6.45) is 5.12. The predicted molar refractivity (Wildman–Crippen MR) is 106 cm³/mol. The minimum Gasteiger partial charge on any atom is -0.353 e. The average Bonchev–Trinajstić information content (AvgIpc) is 3.18. The number of carbonyl (C=O) groups is 2. The largest absolute Gasteiger partial charge is 0.353 e. The Morgan fingerprint density at radius 3 is 2.90 bits per heavy atom. The number of carbonyl (C=O) groups excluding carboxylic acids is 2. The highest BCUT2D eigenvalue weighted by Crippen LogP contribution is 2.20. The number of aromatic nitrogens is 1. The second-order valence-corrected chi connectivity index (χ2v) is 7.69. The second-order valence-electron chi connectivity index (χ2n) is 7.69. The van der Waals surface area contributed by atoms with Gasteiger partial charge in [0, 0.05) is 38.1 Å². The fourth-order valence-corrected chi connectivity index (χ4v) is 4.02. The molecule has 1 aliphatic carbocycles. The van der Waals surface area contributed by atoms with Crippen LogP contribution in [0.5, 0.6) is 0 Å². The van der Waals surface area contributed by atoms with Gasteiger partial charge in [-0.15, -0.1) is 0 Å². The number of nitrogens with one attached hydrogen (secondary N) is 2. The van der Waals surface area contributed by atoms with E-state index in [0.29, 0.717) is 26.2 Å². The third-order valence-corrected chi connectivity index (χ3v) is 5.59. The summed E-state index contributed by atoms with van der Waals surface area (Å²) >= 11 is 0. The Kier molecular flexibility index (Phi) is 5.85. The first kappa shape index (κ1) is 19.5. The first-order chi connectivity index (χ1) is 14.1. The lowest BCUT2D eigenvalue weighted by atomic mass is 10.1. The molecule has 1 atom stereocenters. The van der Waals surface area contributed by atoms with Crippen LogP contribution in [0.15, 0.2) is 36.5 Å². The van der Waals surface area contributed by atoms with Crippen LogP contribution < -0.4 is 10.6 Å². The number of hydrogen-bond donors (Lipinski definition) is 2. The van der Waals surface area contributed by atoms with E-state index in [2.05, 4.69) is 21.7 Å². The number of nitrogens with zero attached hydrogens (tertiary/aromatic N) is 2. The fraction of sp³-hybridized carbons (Fsp3) is 0.409. The Morgan fingerprint density at radius 1 is 1.24 bits per heavy atom. The molecule has 2 aliphatic rings. The molecule has 1 aliphatic heterocycles. The van der Waals surface area contributed by atoms with Gasteiger partial charge in [-0.1, -0.05) is 18.2 Å². The van der Waals surface area contributed by atoms with Crippen LogP contribution in [0.25, 0.3) is 0 Å². The zero-order chi connectivity index (χ0) is 20.2. The summed E-state index contributed by atoms with van der Waals surface area (Å²) in [5.74, 6) is -0.605. The van der Waals surface area contributed by atoms with Gasteiger partial charge in [0.05, 0.1) is 12.5 Å². The molecule has 2 heterocycles. The molecule has 0 saturated carbocycles. The molecule has 2 N–H and O–H groups in total. The Morgan fingerprint density at radius 2 is 2.07 bits per heavy atom. The van der Waals surface area contributed by atoms with E-state index in [0.717, 1.165) is 36.1 Å². The van der Waals surface area contributed by atoms with Crippen molar-refractivity contribution in [3.05, 3.63) is 64.7 Å². The van der Waals surface area contributed by atoms with Gasteiger partial charge in [-0.05, 0) is 48.1 Å². The average molecular weight is 396 g/mol. The van der Waals surface area contributed by atoms with Crippen LogP contribution >= 0.6 is 0 Å². The molecular formula is C22H25FN4O2. The highest BCUT2D eigenvalue weighted by molar-refractivity contribution is 5.88. The monoisotopic (exact) mass is 396 g/mol. The minimum absolute atomic E-state index is 0.0887. The van der Waals surface area contributed by atoms with Crippen LogP contribution in [-0.4, -0.2) is 40.8 Å². The lowest BCUT2D eigenvalue weighted by Gasteiger charge is -2.34. The van der Waals surface area contributed by atoms with Gasteiger partial charge in [-0.25, -0.2) is 4.39 Å². The van der Waals surface area contributed by atoms with Crippen molar-refractivity contribution < 1.29 is 14.0 Å². The number of rotatable bonds is 6. The highest BCUT2D eigenvalue weighted by atomic mass is 19.1. The summed E-state index contributed by atoms with van der Waals surface area (Å²) in [5.41, 5.74) is 4.33. The molecule has 0 unspecified atom stereocenters. The molecular weight excluding hydrogens is 371 g/mol. The highest BCUT2D eigenvalue weighted by Gasteiger charge is 2.31. The van der Waals surface area contributed by atoms with Crippen molar-refractivity contribution >= 4 is 11.8 Å². The molecule has 0 spiro atoms. The zero-order valence-electron chi connectivity index (χ0n) is 16.3. The molecule has 4 rings (SSSR count). The van der Waals surface area contributed by atoms with E-state index < -0.39 is 6.04 Å². The van der Waals surface area contributed by atoms with Crippen LogP contribution in [0, 0.1) is 5.82 Å². The van der Waals surface area contributed by atoms with Crippen molar-refractivity contribution in [2.75, 3.05) is 13.1 Å². The van der Waals surface area contributed by atoms with Gasteiger partial charge < -0.3 is 10.6 Å². The van der Waals surface area contributed by atoms with Crippen LogP contribution in [0.1, 0.15) is 35.2 Å². The van der Waals surface area contributed by atoms with Gasteiger partial charge in [0.1, 0.15) is 5.82 Å². The van der Waals surface area contributed by atoms with E-state index in [4.69, 9.17) is 0 Å². The van der Waals surface area contributed by atoms with E-state index in [1.165, 1.54) is 17.7 Å². The molecule has 6 nitrogen and oxygen atoms in total. The van der Waals surface area contributed by atoms with E-state index in [9.17, 15) is 14.0 Å². The number of fused-ring (bicyclic) bond motifs is 1. The second kappa shape index (κ2) is 8.69. The van der Waals surface area contributed by atoms with Crippen LogP contribution in [0.2, 0.25) is 0 Å². The third-order valence-electron chi connectivity index (χ3n) is 5.59. The number of amides is 2. The van der Waals surface area contributed by atoms with Gasteiger partial charge in [0.25, 0.3) is 0 Å². The lowest BCUT2D eigenvalue weighted by molar-refractivity contribution is -0.134. The SMILES string of the molecule is O=C(C[C@@H]1C(=O)NCCN1Cc1ccc(F)cc1)NCc1cnc2c(c1)CCC2. The Labute approximate surface area is 169 Å². The molecule has 2 aromatic rings. The van der Waals surface area contributed by atoms with Gasteiger partial charge >= 0.3 is 0 Å². The Bertz CT molecular complexity index is 900. The van der Waals surface area contributed by atoms with Gasteiger partial charge in [-0.3, -0.25) is 19.5 Å². The molecule has 0 radical (unpaired) electrons. The summed E-state index contributed by atoms with van der Waals surface area (Å²) in [4.78, 5) is 31.4. The molecule has 7 heteroatoms. The summed E-state index contributed by atoms with van der Waals surface area (Å²) in [6.45, 7) is 2.10. The van der Waals surface area contributed by atoms with Crippen molar-refractivity contribution in [2.24, 2.45) is 0 Å². The first-order valence-corrected chi connectivity index (χ1v) is 10.1. The molecule has 29 heavy (non-hydrogen) atoms. The van der Waals surface area contributed by atoms with E-state index >= 15 is 0 Å². The summed E-state index contributed by atoms with van der Waals surface area (Å²) in [7, 11) is 0. The lowest BCUT2D eigenvalue weighted by Crippen LogP contribution is -2.56. The maximum Gasteiger partial charge on any atom is 0.237 e. The molecule has 0 bridgehead atoms. The molecule has 1 aromatic carbocycles. The van der Waals surface area contributed by atoms with Crippen molar-refractivity contribution in [1.82, 2.24) is 20.5 Å². The fourth-order valence-electron chi connectivity index (χ4n) is 4.02. The van der Waals surface area contributed by atoms with Crippen molar-refractivity contribution in [3.8, 4) is 0 Å². The van der Waals surface area contributed by atoms with Crippen molar-refractivity contribution in [1.29, 1.82) is 0 Å². The van der Waals surface area contributed by atoms with Crippen LogP contribution in [0.3, 0.4) is 0 Å². The first-order valence-electron chi connectivity index (χ1n) is 10.1. The molecule has 1 aromatic heterocycles. The minimum atomic E-state index is -0.535. The number of halogens is 1. The molecule has 152 valence electrons. The van der Waals surface area contributed by atoms with E-state index in [1.54, 1.807) is 12.1 Å². The predicted octanol–water partition coefficient (Wildman–Crippen LogP) is 1.72. The number of aryl methyl sites for hydroxylation is 2. The topological polar surface area (TPSA) is 74.3 Å². The van der Waals surface area contributed by atoms with Gasteiger partial charge in [0.2, 0.25) is 11.8 Å². The number of benzene rings is 1. The van der Waals surface area contributed by atoms with Gasteiger partial charge in [0.15, 0.2) is 0 Å². The molecule has 2 amide bonds. The third kappa shape index (κ3) is 4.79. The normalized spacial score (nSPS) is 18.9. The Hall–Kier alpha value is -2.80. The van der Waals surface area contributed by atoms with Crippen molar-refractivity contribution in [3.63, 3.8) is 0 Å². The molecule has 1 fully saturated rings. The maximum absolute atomic E-state index is 13.1. The van der Waals surface area contributed by atoms with Crippen LogP contribution in [-0.2, 0) is 35.5 Å². The van der Waals surface area contributed by atoms with Crippen molar-refractivity contribution in [2.45, 2.75) is 44.8 Å². The number of pyridine rings is 1. The number of hydrogen-bond acceptors (Lipinski definition) is 4. The Balaban J connectivity index is 1.35. The summed E-state index contributed by atoms with van der Waals surface area (Å²) < 4.78 is 13.1. The van der Waals surface area contributed by atoms with Gasteiger partial charge in [-0.2, -0.15) is 0 Å². The van der Waals surface area contributed by atoms with E-state index in [-0.39, 0.29) is 24.1 Å². The van der Waals surface area contributed by atoms with Crippen LogP contribution in [0.4, 0.5) is 4.39 Å². The molecule has 1 saturated heterocycles. The number of piperazine rings is 1. The standard InChI is InChI=1S/C22H25FN4O2/c23-18-6-4-15(5-7-18)14-27-9-8-24-22(29)20(27)11-21(28)26-13-16-10-17-2-1-3-19(17)25-12-16/h4-7,10,12,20H,1-3,8-9,11,13-14H2,(H,24,29)(H,26,28)/t20-/m1/s1. The maximum atomic E-state index is 13.1. The summed E-state index contributed by atoms with van der Waals surface area (Å²) in [6, 6.07) is 7.81. The smallest absolute Gasteiger partial charge is 0.237 e. The quantitative estimate of drug-likeness (QED) is 0.780. The van der Waals surface area contributed by atoms with E-state index in [1.807, 2.05) is 11.1 Å². The summed E-state index contributed by atoms with van der Waals surface area (Å²) in [5, 5.41) is 5.75. The zero-order valence-corrected chi connectivity index (χ0v) is 16.3.